The zero-order valence-corrected chi connectivity index (χ0v) is 17.8. The molecule has 0 spiro atoms. The van der Waals surface area contributed by atoms with Crippen molar-refractivity contribution in [3.8, 4) is 11.1 Å². The zero-order valence-electron chi connectivity index (χ0n) is 16.8. The van der Waals surface area contributed by atoms with Crippen LogP contribution in [-0.4, -0.2) is 29.6 Å². The summed E-state index contributed by atoms with van der Waals surface area (Å²) in [5, 5.41) is 1.28. The van der Waals surface area contributed by atoms with Crippen molar-refractivity contribution in [2.45, 2.75) is 26.2 Å². The Bertz CT molecular complexity index is 934. The van der Waals surface area contributed by atoms with Gasteiger partial charge in [0.15, 0.2) is 0 Å². The lowest BCUT2D eigenvalue weighted by molar-refractivity contribution is 0.0852. The summed E-state index contributed by atoms with van der Waals surface area (Å²) in [7, 11) is 0.331. The first-order valence-corrected chi connectivity index (χ1v) is 10.8. The maximum absolute atomic E-state index is 6.40. The summed E-state index contributed by atoms with van der Waals surface area (Å²) in [5.74, 6) is 0. The molecule has 1 aliphatic rings. The van der Waals surface area contributed by atoms with Gasteiger partial charge in [0.25, 0.3) is 9.76 Å². The molecule has 28 heavy (non-hydrogen) atoms. The largest absolute Gasteiger partial charge is 0.410 e. The van der Waals surface area contributed by atoms with Crippen LogP contribution >= 0.6 is 0 Å². The SMILES string of the molecule is CCOCC1(CO[Si]c2cccc(C)c2C)c2ccccc2-c2ccccc21. The van der Waals surface area contributed by atoms with Crippen LogP contribution in [0, 0.1) is 13.8 Å². The maximum atomic E-state index is 6.40. The molecule has 2 nitrogen and oxygen atoms in total. The summed E-state index contributed by atoms with van der Waals surface area (Å²) in [6.07, 6.45) is 0. The highest BCUT2D eigenvalue weighted by Gasteiger charge is 2.43. The van der Waals surface area contributed by atoms with Gasteiger partial charge in [0.2, 0.25) is 0 Å². The minimum absolute atomic E-state index is 0.256. The van der Waals surface area contributed by atoms with E-state index in [4.69, 9.17) is 9.16 Å². The first-order valence-electron chi connectivity index (χ1n) is 9.88. The third-order valence-electron chi connectivity index (χ3n) is 5.83. The van der Waals surface area contributed by atoms with Crippen molar-refractivity contribution in [2.75, 3.05) is 19.8 Å². The van der Waals surface area contributed by atoms with Gasteiger partial charge in [-0.25, -0.2) is 0 Å². The van der Waals surface area contributed by atoms with Gasteiger partial charge in [-0.1, -0.05) is 66.7 Å². The van der Waals surface area contributed by atoms with Crippen LogP contribution in [0.25, 0.3) is 11.1 Å². The molecule has 3 aromatic carbocycles. The van der Waals surface area contributed by atoms with Crippen LogP contribution < -0.4 is 5.19 Å². The van der Waals surface area contributed by atoms with Crippen molar-refractivity contribution in [1.29, 1.82) is 0 Å². The van der Waals surface area contributed by atoms with E-state index in [-0.39, 0.29) is 5.41 Å². The van der Waals surface area contributed by atoms with Gasteiger partial charge < -0.3 is 9.16 Å². The van der Waals surface area contributed by atoms with E-state index in [1.54, 1.807) is 0 Å². The van der Waals surface area contributed by atoms with E-state index < -0.39 is 0 Å². The Morgan fingerprint density at radius 2 is 1.43 bits per heavy atom. The average molecular weight is 387 g/mol. The van der Waals surface area contributed by atoms with Crippen LogP contribution in [-0.2, 0) is 14.6 Å². The number of hydrogen-bond acceptors (Lipinski definition) is 2. The molecule has 0 unspecified atom stereocenters. The minimum atomic E-state index is -0.256. The monoisotopic (exact) mass is 386 g/mol. The first-order chi connectivity index (χ1) is 13.7. The van der Waals surface area contributed by atoms with Crippen molar-refractivity contribution >= 4 is 14.9 Å². The second-order valence-electron chi connectivity index (χ2n) is 7.45. The second-order valence-corrected chi connectivity index (χ2v) is 8.48. The van der Waals surface area contributed by atoms with Gasteiger partial charge in [-0.3, -0.25) is 0 Å². The molecule has 4 rings (SSSR count). The second kappa shape index (κ2) is 8.04. The van der Waals surface area contributed by atoms with Crippen molar-refractivity contribution < 1.29 is 9.16 Å². The average Bonchev–Trinajstić information content (AvgIpc) is 3.00. The van der Waals surface area contributed by atoms with E-state index in [1.807, 2.05) is 0 Å². The van der Waals surface area contributed by atoms with E-state index in [2.05, 4.69) is 87.5 Å². The highest BCUT2D eigenvalue weighted by Crippen LogP contribution is 2.49. The predicted molar refractivity (Wildman–Crippen MR) is 116 cm³/mol. The molecule has 0 heterocycles. The fourth-order valence-electron chi connectivity index (χ4n) is 4.14. The van der Waals surface area contributed by atoms with E-state index in [9.17, 15) is 0 Å². The van der Waals surface area contributed by atoms with Gasteiger partial charge in [-0.2, -0.15) is 0 Å². The van der Waals surface area contributed by atoms with Crippen LogP contribution in [0.4, 0.5) is 0 Å². The molecule has 0 saturated heterocycles. The van der Waals surface area contributed by atoms with Crippen LogP contribution in [0.15, 0.2) is 66.7 Å². The molecule has 3 heteroatoms. The summed E-state index contributed by atoms with van der Waals surface area (Å²) in [6.45, 7) is 8.34. The van der Waals surface area contributed by atoms with Crippen molar-refractivity contribution in [2.24, 2.45) is 0 Å². The lowest BCUT2D eigenvalue weighted by atomic mass is 9.79. The highest BCUT2D eigenvalue weighted by molar-refractivity contribution is 6.47. The molecule has 0 fully saturated rings. The summed E-state index contributed by atoms with van der Waals surface area (Å²) in [4.78, 5) is 0. The molecule has 0 atom stereocenters. The van der Waals surface area contributed by atoms with Gasteiger partial charge in [-0.05, 0) is 59.3 Å². The Balaban J connectivity index is 1.68. The predicted octanol–water partition coefficient (Wildman–Crippen LogP) is 4.57. The van der Waals surface area contributed by atoms with Crippen molar-refractivity contribution in [3.63, 3.8) is 0 Å². The van der Waals surface area contributed by atoms with Gasteiger partial charge in [0, 0.05) is 6.61 Å². The Kier molecular flexibility index (Phi) is 5.49. The number of hydrogen-bond donors (Lipinski definition) is 0. The van der Waals surface area contributed by atoms with Crippen molar-refractivity contribution in [1.82, 2.24) is 0 Å². The molecule has 0 saturated carbocycles. The van der Waals surface area contributed by atoms with Gasteiger partial charge in [0.05, 0.1) is 18.6 Å². The Morgan fingerprint density at radius 3 is 2.07 bits per heavy atom. The van der Waals surface area contributed by atoms with Gasteiger partial charge in [0.1, 0.15) is 0 Å². The highest BCUT2D eigenvalue weighted by atomic mass is 28.2. The summed E-state index contributed by atoms with van der Waals surface area (Å²) >= 11 is 0. The van der Waals surface area contributed by atoms with Crippen LogP contribution in [0.5, 0.6) is 0 Å². The summed E-state index contributed by atoms with van der Waals surface area (Å²) < 4.78 is 12.4. The van der Waals surface area contributed by atoms with Crippen LogP contribution in [0.2, 0.25) is 0 Å². The Morgan fingerprint density at radius 1 is 0.786 bits per heavy atom. The third kappa shape index (κ3) is 3.24. The number of benzene rings is 3. The molecule has 0 N–H and O–H groups in total. The molecular formula is C25H26O2Si. The Labute approximate surface area is 170 Å². The maximum Gasteiger partial charge on any atom is 0.269 e. The molecule has 0 aromatic heterocycles. The number of ether oxygens (including phenoxy) is 1. The molecule has 142 valence electrons. The fraction of sp³-hybridized carbons (Fsp3) is 0.280. The molecule has 2 radical (unpaired) electrons. The lowest BCUT2D eigenvalue weighted by Gasteiger charge is -2.31. The zero-order chi connectivity index (χ0) is 19.6. The fourth-order valence-corrected chi connectivity index (χ4v) is 5.13. The van der Waals surface area contributed by atoms with Gasteiger partial charge in [-0.15, -0.1) is 0 Å². The standard InChI is InChI=1S/C25H26O2Si/c1-4-26-16-25(17-27-28-24-15-9-10-18(2)19(24)3)22-13-7-5-11-20(22)21-12-6-8-14-23(21)25/h5-15H,4,16-17H2,1-3H3. The topological polar surface area (TPSA) is 18.5 Å². The molecule has 3 aromatic rings. The minimum Gasteiger partial charge on any atom is -0.410 e. The summed E-state index contributed by atoms with van der Waals surface area (Å²) in [6, 6.07) is 23.8. The normalized spacial score (nSPS) is 14.0. The van der Waals surface area contributed by atoms with Crippen molar-refractivity contribution in [3.05, 3.63) is 89.0 Å². The molecule has 0 amide bonds. The Hall–Kier alpha value is -2.20. The molecule has 0 bridgehead atoms. The lowest BCUT2D eigenvalue weighted by Crippen LogP contribution is -2.38. The van der Waals surface area contributed by atoms with E-state index >= 15 is 0 Å². The van der Waals surface area contributed by atoms with Crippen LogP contribution in [0.3, 0.4) is 0 Å². The smallest absolute Gasteiger partial charge is 0.269 e. The molecule has 0 aliphatic heterocycles. The van der Waals surface area contributed by atoms with E-state index in [1.165, 1.54) is 38.6 Å². The number of fused-ring (bicyclic) bond motifs is 3. The first kappa shape index (κ1) is 19.1. The number of rotatable bonds is 7. The van der Waals surface area contributed by atoms with E-state index in [0.717, 1.165) is 0 Å². The summed E-state index contributed by atoms with van der Waals surface area (Å²) in [5.41, 5.74) is 7.62. The van der Waals surface area contributed by atoms with Crippen LogP contribution in [0.1, 0.15) is 29.2 Å². The third-order valence-corrected chi connectivity index (χ3v) is 6.88. The molecule has 1 aliphatic carbocycles. The van der Waals surface area contributed by atoms with Gasteiger partial charge >= 0.3 is 0 Å². The van der Waals surface area contributed by atoms with E-state index in [0.29, 0.717) is 29.6 Å². The number of aryl methyl sites for hydroxylation is 1. The molecular weight excluding hydrogens is 360 g/mol. The quantitative estimate of drug-likeness (QED) is 0.554.